The Hall–Kier alpha value is -3.64. The molecule has 0 bridgehead atoms. The molecule has 1 N–H and O–H groups in total. The molecule has 0 aliphatic heterocycles. The number of aliphatic imine (C=N–C) groups is 1. The minimum Gasteiger partial charge on any atom is -0.497 e. The number of aromatic nitrogens is 2. The van der Waals surface area contributed by atoms with Gasteiger partial charge in [-0.05, 0) is 67.1 Å². The highest BCUT2D eigenvalue weighted by atomic mass is 35.5. The van der Waals surface area contributed by atoms with E-state index in [0.29, 0.717) is 40.0 Å². The molecule has 0 saturated carbocycles. The highest BCUT2D eigenvalue weighted by Gasteiger charge is 2.19. The number of hydrogen-bond acceptors (Lipinski definition) is 3. The van der Waals surface area contributed by atoms with Crippen molar-refractivity contribution in [3.05, 3.63) is 105 Å². The minimum atomic E-state index is -0.374. The molecular weight excluding hydrogens is 429 g/mol. The van der Waals surface area contributed by atoms with E-state index >= 15 is 0 Å². The highest BCUT2D eigenvalue weighted by molar-refractivity contribution is 6.31. The molecule has 4 aromatic rings. The van der Waals surface area contributed by atoms with Crippen molar-refractivity contribution in [2.45, 2.75) is 13.5 Å². The van der Waals surface area contributed by atoms with Crippen molar-refractivity contribution in [3.63, 3.8) is 0 Å². The number of methoxy groups -OCH3 is 1. The zero-order valence-electron chi connectivity index (χ0n) is 17.6. The molecule has 0 radical (unpaired) electrons. The van der Waals surface area contributed by atoms with Gasteiger partial charge in [0.15, 0.2) is 0 Å². The summed E-state index contributed by atoms with van der Waals surface area (Å²) in [4.78, 5) is 18.0. The zero-order chi connectivity index (χ0) is 22.7. The lowest BCUT2D eigenvalue weighted by Gasteiger charge is -2.05. The summed E-state index contributed by atoms with van der Waals surface area (Å²) in [6, 6.07) is 20.6. The van der Waals surface area contributed by atoms with Crippen LogP contribution in [-0.2, 0) is 6.54 Å². The van der Waals surface area contributed by atoms with Crippen LogP contribution in [0, 0.1) is 5.82 Å². The van der Waals surface area contributed by atoms with E-state index in [1.165, 1.54) is 16.8 Å². The Labute approximate surface area is 189 Å². The number of rotatable bonds is 6. The van der Waals surface area contributed by atoms with Crippen LogP contribution in [0.5, 0.6) is 5.75 Å². The molecule has 0 aliphatic rings. The number of hydrogen-bond donors (Lipinski definition) is 1. The topological polar surface area (TPSA) is 59.4 Å². The summed E-state index contributed by atoms with van der Waals surface area (Å²) in [6.45, 7) is 2.14. The molecule has 4 rings (SSSR count). The zero-order valence-corrected chi connectivity index (χ0v) is 18.4. The molecule has 1 aromatic heterocycles. The van der Waals surface area contributed by atoms with Crippen LogP contribution in [-0.4, -0.2) is 22.6 Å². The fraction of sp³-hybridized carbons (Fsp3) is 0.120. The van der Waals surface area contributed by atoms with E-state index in [1.807, 2.05) is 48.5 Å². The smallest absolute Gasteiger partial charge is 0.280 e. The molecule has 0 aliphatic carbocycles. The number of ether oxygens (including phenoxy) is 1. The molecule has 0 saturated heterocycles. The number of halogens is 2. The van der Waals surface area contributed by atoms with Crippen LogP contribution < -0.4 is 10.3 Å². The lowest BCUT2D eigenvalue weighted by Crippen LogP contribution is -2.19. The standard InChI is InChI=1S/C25H21ClFN3O2/c1-16(28-15-18-5-3-4-6-22(18)26)23-24(17-7-13-21(32-2)14-8-17)29-30(25(23)31)20-11-9-19(27)10-12-20/h3-14,29H,15H2,1-2H3. The molecule has 1 heterocycles. The summed E-state index contributed by atoms with van der Waals surface area (Å²) in [7, 11) is 1.60. The summed E-state index contributed by atoms with van der Waals surface area (Å²) in [5, 5.41) is 3.79. The molecule has 7 heteroatoms. The largest absolute Gasteiger partial charge is 0.497 e. The fourth-order valence-electron chi connectivity index (χ4n) is 3.42. The monoisotopic (exact) mass is 449 g/mol. The lowest BCUT2D eigenvalue weighted by atomic mass is 10.0. The van der Waals surface area contributed by atoms with Crippen molar-refractivity contribution < 1.29 is 9.13 Å². The van der Waals surface area contributed by atoms with Gasteiger partial charge in [-0.25, -0.2) is 9.07 Å². The first-order valence-corrected chi connectivity index (χ1v) is 10.4. The second-order valence-electron chi connectivity index (χ2n) is 7.20. The quantitative estimate of drug-likeness (QED) is 0.387. The van der Waals surface area contributed by atoms with Gasteiger partial charge in [-0.2, -0.15) is 0 Å². The van der Waals surface area contributed by atoms with Crippen LogP contribution in [0.25, 0.3) is 16.9 Å². The maximum absolute atomic E-state index is 13.4. The van der Waals surface area contributed by atoms with Crippen LogP contribution >= 0.6 is 11.6 Å². The Bertz CT molecular complexity index is 1320. The van der Waals surface area contributed by atoms with Crippen LogP contribution in [0.4, 0.5) is 4.39 Å². The van der Waals surface area contributed by atoms with E-state index in [4.69, 9.17) is 16.3 Å². The predicted octanol–water partition coefficient (Wildman–Crippen LogP) is 5.64. The predicted molar refractivity (Wildman–Crippen MR) is 126 cm³/mol. The number of H-pyrrole nitrogens is 1. The Morgan fingerprint density at radius 1 is 1.06 bits per heavy atom. The SMILES string of the molecule is COc1ccc(-c2[nH]n(-c3ccc(F)cc3)c(=O)c2C(C)=NCc2ccccc2Cl)cc1. The van der Waals surface area contributed by atoms with Gasteiger partial charge in [0.25, 0.3) is 5.56 Å². The van der Waals surface area contributed by atoms with Crippen LogP contribution in [0.1, 0.15) is 18.1 Å². The summed E-state index contributed by atoms with van der Waals surface area (Å²) in [5.74, 6) is 0.334. The van der Waals surface area contributed by atoms with Crippen LogP contribution in [0.2, 0.25) is 5.02 Å². The van der Waals surface area contributed by atoms with Gasteiger partial charge in [0, 0.05) is 16.3 Å². The van der Waals surface area contributed by atoms with E-state index in [1.54, 1.807) is 26.2 Å². The number of aromatic amines is 1. The van der Waals surface area contributed by atoms with Crippen molar-refractivity contribution in [1.29, 1.82) is 0 Å². The first-order valence-electron chi connectivity index (χ1n) is 9.98. The van der Waals surface area contributed by atoms with Crippen molar-refractivity contribution in [3.8, 4) is 22.7 Å². The maximum atomic E-state index is 13.4. The van der Waals surface area contributed by atoms with Gasteiger partial charge >= 0.3 is 0 Å². The fourth-order valence-corrected chi connectivity index (χ4v) is 3.62. The van der Waals surface area contributed by atoms with E-state index in [9.17, 15) is 9.18 Å². The second kappa shape index (κ2) is 9.24. The van der Waals surface area contributed by atoms with E-state index in [0.717, 1.165) is 11.1 Å². The Kier molecular flexibility index (Phi) is 6.23. The first-order chi connectivity index (χ1) is 15.5. The average molecular weight is 450 g/mol. The average Bonchev–Trinajstić information content (AvgIpc) is 3.16. The van der Waals surface area contributed by atoms with Gasteiger partial charge in [-0.15, -0.1) is 0 Å². The third-order valence-corrected chi connectivity index (χ3v) is 5.53. The van der Waals surface area contributed by atoms with Gasteiger partial charge < -0.3 is 4.74 Å². The van der Waals surface area contributed by atoms with Crippen molar-refractivity contribution in [1.82, 2.24) is 9.78 Å². The second-order valence-corrected chi connectivity index (χ2v) is 7.61. The molecule has 0 atom stereocenters. The van der Waals surface area contributed by atoms with Crippen LogP contribution in [0.15, 0.2) is 82.6 Å². The number of nitrogens with zero attached hydrogens (tertiary/aromatic N) is 2. The van der Waals surface area contributed by atoms with E-state index < -0.39 is 0 Å². The normalized spacial score (nSPS) is 11.6. The summed E-state index contributed by atoms with van der Waals surface area (Å²) in [6.07, 6.45) is 0. The molecular formula is C25H21ClFN3O2. The van der Waals surface area contributed by atoms with Gasteiger partial charge in [0.05, 0.1) is 30.6 Å². The molecule has 5 nitrogen and oxygen atoms in total. The molecule has 32 heavy (non-hydrogen) atoms. The summed E-state index contributed by atoms with van der Waals surface area (Å²) in [5.41, 5.74) is 3.53. The van der Waals surface area contributed by atoms with Gasteiger partial charge in [-0.3, -0.25) is 14.9 Å². The molecule has 0 spiro atoms. The molecule has 0 amide bonds. The third kappa shape index (κ3) is 4.36. The van der Waals surface area contributed by atoms with Gasteiger partial charge in [0.2, 0.25) is 0 Å². The maximum Gasteiger partial charge on any atom is 0.280 e. The lowest BCUT2D eigenvalue weighted by molar-refractivity contribution is 0.415. The van der Waals surface area contributed by atoms with Gasteiger partial charge in [-0.1, -0.05) is 29.8 Å². The molecule has 3 aromatic carbocycles. The van der Waals surface area contributed by atoms with Crippen LogP contribution in [0.3, 0.4) is 0 Å². The Morgan fingerprint density at radius 2 is 1.75 bits per heavy atom. The van der Waals surface area contributed by atoms with Crippen molar-refractivity contribution >= 4 is 17.3 Å². The molecule has 0 fully saturated rings. The molecule has 162 valence electrons. The summed E-state index contributed by atoms with van der Waals surface area (Å²) < 4.78 is 20.0. The minimum absolute atomic E-state index is 0.275. The Morgan fingerprint density at radius 3 is 2.41 bits per heavy atom. The van der Waals surface area contributed by atoms with E-state index in [-0.39, 0.29) is 11.4 Å². The highest BCUT2D eigenvalue weighted by Crippen LogP contribution is 2.25. The Balaban J connectivity index is 1.83. The van der Waals surface area contributed by atoms with Crippen molar-refractivity contribution in [2.24, 2.45) is 4.99 Å². The molecule has 0 unspecified atom stereocenters. The van der Waals surface area contributed by atoms with E-state index in [2.05, 4.69) is 10.1 Å². The first kappa shape index (κ1) is 21.6. The van der Waals surface area contributed by atoms with Crippen molar-refractivity contribution in [2.75, 3.05) is 7.11 Å². The van der Waals surface area contributed by atoms with Gasteiger partial charge in [0.1, 0.15) is 11.6 Å². The summed E-state index contributed by atoms with van der Waals surface area (Å²) >= 11 is 6.25. The third-order valence-electron chi connectivity index (χ3n) is 5.16. The number of nitrogens with one attached hydrogen (secondary N) is 1. The number of benzene rings is 3.